The van der Waals surface area contributed by atoms with E-state index in [2.05, 4.69) is 29.5 Å². The molecule has 0 aromatic heterocycles. The van der Waals surface area contributed by atoms with E-state index in [1.54, 1.807) is 11.9 Å². The fourth-order valence-electron chi connectivity index (χ4n) is 4.77. The van der Waals surface area contributed by atoms with E-state index in [-0.39, 0.29) is 17.2 Å². The molecule has 0 spiro atoms. The smallest absolute Gasteiger partial charge is 0.230 e. The Morgan fingerprint density at radius 2 is 1.72 bits per heavy atom. The molecule has 0 radical (unpaired) electrons. The minimum absolute atomic E-state index is 0.158. The van der Waals surface area contributed by atoms with Crippen molar-refractivity contribution < 1.29 is 9.59 Å². The highest BCUT2D eigenvalue weighted by Crippen LogP contribution is 2.38. The number of nitrogens with one attached hydrogen (secondary N) is 2. The maximum atomic E-state index is 12.8. The van der Waals surface area contributed by atoms with Crippen LogP contribution in [0.1, 0.15) is 65.2 Å². The van der Waals surface area contributed by atoms with E-state index in [1.165, 1.54) is 0 Å². The molecule has 1 heterocycles. The van der Waals surface area contributed by atoms with Crippen LogP contribution in [0.5, 0.6) is 0 Å². The summed E-state index contributed by atoms with van der Waals surface area (Å²) in [5.41, 5.74) is -0.313. The maximum Gasteiger partial charge on any atom is 0.230 e. The second-order valence-electron chi connectivity index (χ2n) is 8.87. The Kier molecular flexibility index (Phi) is 8.78. The van der Waals surface area contributed by atoms with Crippen LogP contribution in [0.4, 0.5) is 0 Å². The normalized spacial score (nSPS) is 20.1. The van der Waals surface area contributed by atoms with Crippen molar-refractivity contribution >= 4 is 17.8 Å². The van der Waals surface area contributed by atoms with Gasteiger partial charge < -0.3 is 20.4 Å². The Hall–Kier alpha value is -1.79. The molecule has 2 fully saturated rings. The molecule has 2 rings (SSSR count). The van der Waals surface area contributed by atoms with Gasteiger partial charge in [-0.2, -0.15) is 0 Å². The van der Waals surface area contributed by atoms with Crippen molar-refractivity contribution in [2.45, 2.75) is 71.3 Å². The largest absolute Gasteiger partial charge is 0.355 e. The third-order valence-electron chi connectivity index (χ3n) is 6.72. The molecule has 0 bridgehead atoms. The molecule has 0 unspecified atom stereocenters. The van der Waals surface area contributed by atoms with E-state index in [0.29, 0.717) is 18.5 Å². The lowest BCUT2D eigenvalue weighted by Gasteiger charge is -2.35. The first-order valence-electron chi connectivity index (χ1n) is 11.3. The summed E-state index contributed by atoms with van der Waals surface area (Å²) >= 11 is 0. The van der Waals surface area contributed by atoms with Gasteiger partial charge in [-0.3, -0.25) is 14.6 Å². The highest BCUT2D eigenvalue weighted by Gasteiger charge is 2.42. The molecule has 1 aliphatic carbocycles. The number of piperidine rings is 1. The Bertz CT molecular complexity index is 572. The SMILES string of the molecule is CCC(CC)C(=O)N1CCC(NC(=NC)NCC2(C(=O)N(C)C)CCCC2)CC1. The van der Waals surface area contributed by atoms with E-state index in [1.807, 2.05) is 19.0 Å². The van der Waals surface area contributed by atoms with Gasteiger partial charge in [0.2, 0.25) is 11.8 Å². The number of hydrogen-bond donors (Lipinski definition) is 2. The van der Waals surface area contributed by atoms with Gasteiger partial charge in [-0.15, -0.1) is 0 Å². The summed E-state index contributed by atoms with van der Waals surface area (Å²) in [6, 6.07) is 0.302. The minimum atomic E-state index is -0.313. The van der Waals surface area contributed by atoms with Crippen LogP contribution in [0.15, 0.2) is 4.99 Å². The van der Waals surface area contributed by atoms with Crippen molar-refractivity contribution in [2.75, 3.05) is 40.8 Å². The van der Waals surface area contributed by atoms with E-state index in [9.17, 15) is 9.59 Å². The lowest BCUT2D eigenvalue weighted by Crippen LogP contribution is -2.53. The molecule has 7 nitrogen and oxygen atoms in total. The monoisotopic (exact) mass is 407 g/mol. The Morgan fingerprint density at radius 1 is 1.14 bits per heavy atom. The zero-order valence-electron chi connectivity index (χ0n) is 19.1. The van der Waals surface area contributed by atoms with Crippen LogP contribution in [0, 0.1) is 11.3 Å². The molecule has 0 aromatic rings. The average molecular weight is 408 g/mol. The number of hydrogen-bond acceptors (Lipinski definition) is 3. The van der Waals surface area contributed by atoms with Gasteiger partial charge >= 0.3 is 0 Å². The average Bonchev–Trinajstić information content (AvgIpc) is 3.21. The van der Waals surface area contributed by atoms with Crippen LogP contribution in [-0.4, -0.2) is 74.4 Å². The maximum absolute atomic E-state index is 12.8. The molecule has 2 aliphatic rings. The second kappa shape index (κ2) is 10.8. The van der Waals surface area contributed by atoms with Gasteiger partial charge in [-0.25, -0.2) is 0 Å². The third-order valence-corrected chi connectivity index (χ3v) is 6.72. The van der Waals surface area contributed by atoms with Gasteiger partial charge in [0.15, 0.2) is 5.96 Å². The topological polar surface area (TPSA) is 77.0 Å². The van der Waals surface area contributed by atoms with E-state index < -0.39 is 0 Å². The predicted octanol–water partition coefficient (Wildman–Crippen LogP) is 2.23. The van der Waals surface area contributed by atoms with Crippen LogP contribution in [-0.2, 0) is 9.59 Å². The van der Waals surface area contributed by atoms with Crippen molar-refractivity contribution in [3.05, 3.63) is 0 Å². The van der Waals surface area contributed by atoms with Crippen LogP contribution in [0.3, 0.4) is 0 Å². The van der Waals surface area contributed by atoms with Gasteiger partial charge in [-0.05, 0) is 38.5 Å². The fourth-order valence-corrected chi connectivity index (χ4v) is 4.77. The Labute approximate surface area is 176 Å². The van der Waals surface area contributed by atoms with E-state index in [4.69, 9.17) is 0 Å². The van der Waals surface area contributed by atoms with Crippen LogP contribution < -0.4 is 10.6 Å². The highest BCUT2D eigenvalue weighted by molar-refractivity contribution is 5.85. The number of amides is 2. The quantitative estimate of drug-likeness (QED) is 0.501. The fraction of sp³-hybridized carbons (Fsp3) is 0.864. The zero-order valence-corrected chi connectivity index (χ0v) is 19.1. The number of rotatable bonds is 7. The zero-order chi connectivity index (χ0) is 21.4. The molecule has 29 heavy (non-hydrogen) atoms. The summed E-state index contributed by atoms with van der Waals surface area (Å²) in [4.78, 5) is 33.5. The van der Waals surface area contributed by atoms with Crippen LogP contribution in [0.25, 0.3) is 0 Å². The van der Waals surface area contributed by atoms with E-state index in [0.717, 1.165) is 70.4 Å². The van der Waals surface area contributed by atoms with Gasteiger partial charge in [0.1, 0.15) is 0 Å². The summed E-state index contributed by atoms with van der Waals surface area (Å²) in [5.74, 6) is 1.44. The molecule has 1 saturated carbocycles. The summed E-state index contributed by atoms with van der Waals surface area (Å²) in [5, 5.41) is 6.92. The summed E-state index contributed by atoms with van der Waals surface area (Å²) in [6.45, 7) is 6.40. The molecule has 166 valence electrons. The molecule has 0 atom stereocenters. The Morgan fingerprint density at radius 3 is 2.21 bits per heavy atom. The first kappa shape index (κ1) is 23.5. The minimum Gasteiger partial charge on any atom is -0.355 e. The molecule has 2 N–H and O–H groups in total. The molecule has 2 amide bonds. The molecule has 1 saturated heterocycles. The lowest BCUT2D eigenvalue weighted by atomic mass is 9.84. The molecule has 1 aliphatic heterocycles. The number of carbonyl (C=O) groups excluding carboxylic acids is 2. The van der Waals surface area contributed by atoms with Crippen molar-refractivity contribution in [3.63, 3.8) is 0 Å². The van der Waals surface area contributed by atoms with Crippen LogP contribution >= 0.6 is 0 Å². The van der Waals surface area contributed by atoms with Crippen LogP contribution in [0.2, 0.25) is 0 Å². The number of nitrogens with zero attached hydrogens (tertiary/aromatic N) is 3. The first-order valence-corrected chi connectivity index (χ1v) is 11.3. The molecule has 7 heteroatoms. The highest BCUT2D eigenvalue weighted by atomic mass is 16.2. The second-order valence-corrected chi connectivity index (χ2v) is 8.87. The van der Waals surface area contributed by atoms with Gasteiger partial charge in [0, 0.05) is 52.7 Å². The summed E-state index contributed by atoms with van der Waals surface area (Å²) in [6.07, 6.45) is 7.76. The molecular formula is C22H41N5O2. The van der Waals surface area contributed by atoms with Gasteiger partial charge in [0.05, 0.1) is 5.41 Å². The van der Waals surface area contributed by atoms with Gasteiger partial charge in [0.25, 0.3) is 0 Å². The third kappa shape index (κ3) is 5.86. The number of likely N-dealkylation sites (tertiary alicyclic amines) is 1. The van der Waals surface area contributed by atoms with Crippen molar-refractivity contribution in [3.8, 4) is 0 Å². The molecular weight excluding hydrogens is 366 g/mol. The number of carbonyl (C=O) groups is 2. The standard InChI is InChI=1S/C22H41N5O2/c1-6-17(7-2)19(28)27-14-10-18(11-15-27)25-21(23-3)24-16-22(12-8-9-13-22)20(29)26(4)5/h17-18H,6-16H2,1-5H3,(H2,23,24,25). The lowest BCUT2D eigenvalue weighted by molar-refractivity contribution is -0.139. The summed E-state index contributed by atoms with van der Waals surface area (Å²) < 4.78 is 0. The Balaban J connectivity index is 1.85. The van der Waals surface area contributed by atoms with E-state index >= 15 is 0 Å². The summed E-state index contributed by atoms with van der Waals surface area (Å²) in [7, 11) is 5.45. The van der Waals surface area contributed by atoms with Gasteiger partial charge in [-0.1, -0.05) is 26.7 Å². The van der Waals surface area contributed by atoms with Crippen molar-refractivity contribution in [1.29, 1.82) is 0 Å². The number of aliphatic imine (C=N–C) groups is 1. The van der Waals surface area contributed by atoms with Crippen molar-refractivity contribution in [2.24, 2.45) is 16.3 Å². The van der Waals surface area contributed by atoms with Crippen molar-refractivity contribution in [1.82, 2.24) is 20.4 Å². The number of guanidine groups is 1. The molecule has 0 aromatic carbocycles. The first-order chi connectivity index (χ1) is 13.9. The predicted molar refractivity (Wildman–Crippen MR) is 118 cm³/mol.